The van der Waals surface area contributed by atoms with Crippen LogP contribution in [0.25, 0.3) is 0 Å². The van der Waals surface area contributed by atoms with Crippen LogP contribution >= 0.6 is 11.6 Å². The van der Waals surface area contributed by atoms with Crippen LogP contribution in [-0.2, 0) is 4.79 Å². The second-order valence-electron chi connectivity index (χ2n) is 9.68. The van der Waals surface area contributed by atoms with Crippen molar-refractivity contribution in [3.8, 4) is 5.75 Å². The van der Waals surface area contributed by atoms with Crippen LogP contribution in [0.1, 0.15) is 55.6 Å². The van der Waals surface area contributed by atoms with Crippen LogP contribution in [0.2, 0.25) is 5.02 Å². The summed E-state index contributed by atoms with van der Waals surface area (Å²) >= 11 is 6.31. The number of hydrogen-bond acceptors (Lipinski definition) is 5. The van der Waals surface area contributed by atoms with Crippen molar-refractivity contribution < 1.29 is 14.3 Å². The summed E-state index contributed by atoms with van der Waals surface area (Å²) in [5.74, 6) is 1.08. The minimum Gasteiger partial charge on any atom is -0.494 e. The van der Waals surface area contributed by atoms with Crippen LogP contribution in [0.4, 0.5) is 11.5 Å². The van der Waals surface area contributed by atoms with E-state index >= 15 is 0 Å². The van der Waals surface area contributed by atoms with Crippen LogP contribution < -0.4 is 15.4 Å². The lowest BCUT2D eigenvalue weighted by atomic mass is 9.73. The molecule has 0 spiro atoms. The summed E-state index contributed by atoms with van der Waals surface area (Å²) in [4.78, 5) is 26.6. The molecule has 1 aliphatic heterocycles. The van der Waals surface area contributed by atoms with E-state index in [1.54, 1.807) is 22.9 Å². The van der Waals surface area contributed by atoms with E-state index < -0.39 is 6.04 Å². The Bertz CT molecular complexity index is 1340. The second kappa shape index (κ2) is 8.89. The molecule has 1 aliphatic carbocycles. The number of nitrogens with zero attached hydrogens (tertiary/aromatic N) is 2. The highest BCUT2D eigenvalue weighted by Crippen LogP contribution is 2.46. The Morgan fingerprint density at radius 2 is 2.00 bits per heavy atom. The average Bonchev–Trinajstić information content (AvgIpc) is 3.22. The molecule has 180 valence electrons. The fourth-order valence-electron chi connectivity index (χ4n) is 4.86. The summed E-state index contributed by atoms with van der Waals surface area (Å²) in [6.45, 7) is 6.65. The third-order valence-electron chi connectivity index (χ3n) is 6.33. The summed E-state index contributed by atoms with van der Waals surface area (Å²) in [7, 11) is 0. The topological polar surface area (TPSA) is 85.2 Å². The van der Waals surface area contributed by atoms with E-state index in [-0.39, 0.29) is 17.1 Å². The molecule has 0 saturated heterocycles. The number of benzene rings is 2. The molecule has 5 rings (SSSR count). The van der Waals surface area contributed by atoms with Gasteiger partial charge in [-0.05, 0) is 60.7 Å². The summed E-state index contributed by atoms with van der Waals surface area (Å²) in [5.41, 5.74) is 3.22. The molecule has 2 N–H and O–H groups in total. The first-order chi connectivity index (χ1) is 16.8. The molecule has 1 aromatic heterocycles. The second-order valence-corrected chi connectivity index (χ2v) is 10.1. The van der Waals surface area contributed by atoms with Crippen molar-refractivity contribution in [3.63, 3.8) is 0 Å². The SMILES string of the molecule is CCOc1ccc(NC(=O)c2cnn3c2NC2=C(C(=O)CC(C)(C)C2)[C@H]3c2cccc(Cl)c2)cc1. The van der Waals surface area contributed by atoms with E-state index in [0.29, 0.717) is 47.1 Å². The molecule has 0 fully saturated rings. The summed E-state index contributed by atoms with van der Waals surface area (Å²) in [5, 5.41) is 11.4. The normalized spacial score (nSPS) is 18.4. The van der Waals surface area contributed by atoms with Crippen molar-refractivity contribution >= 4 is 34.8 Å². The summed E-state index contributed by atoms with van der Waals surface area (Å²) in [6, 6.07) is 14.2. The van der Waals surface area contributed by atoms with Gasteiger partial charge in [-0.2, -0.15) is 5.10 Å². The predicted octanol–water partition coefficient (Wildman–Crippen LogP) is 5.85. The number of carbonyl (C=O) groups excluding carboxylic acids is 2. The fraction of sp³-hybridized carbons (Fsp3) is 0.296. The van der Waals surface area contributed by atoms with E-state index in [1.807, 2.05) is 37.3 Å². The first kappa shape index (κ1) is 23.2. The van der Waals surface area contributed by atoms with Crippen molar-refractivity contribution in [2.24, 2.45) is 5.41 Å². The maximum atomic E-state index is 13.3. The minimum atomic E-state index is -0.462. The third-order valence-corrected chi connectivity index (χ3v) is 6.57. The molecule has 2 aromatic carbocycles. The molecule has 0 saturated carbocycles. The highest BCUT2D eigenvalue weighted by molar-refractivity contribution is 6.30. The number of Topliss-reactive ketones (excluding diaryl/α,β-unsaturated/α-hetero) is 1. The predicted molar refractivity (Wildman–Crippen MR) is 136 cm³/mol. The number of hydrogen-bond donors (Lipinski definition) is 2. The van der Waals surface area contributed by atoms with E-state index in [1.165, 1.54) is 6.20 Å². The highest BCUT2D eigenvalue weighted by Gasteiger charge is 2.42. The number of allylic oxidation sites excluding steroid dienone is 2. The molecule has 0 bridgehead atoms. The first-order valence-corrected chi connectivity index (χ1v) is 12.0. The van der Waals surface area contributed by atoms with Gasteiger partial charge in [-0.3, -0.25) is 9.59 Å². The van der Waals surface area contributed by atoms with Gasteiger partial charge in [0.15, 0.2) is 5.78 Å². The van der Waals surface area contributed by atoms with Gasteiger partial charge < -0.3 is 15.4 Å². The Hall–Kier alpha value is -3.58. The lowest BCUT2D eigenvalue weighted by Gasteiger charge is -2.39. The molecule has 0 unspecified atom stereocenters. The fourth-order valence-corrected chi connectivity index (χ4v) is 5.06. The monoisotopic (exact) mass is 490 g/mol. The number of carbonyl (C=O) groups is 2. The number of ketones is 1. The standard InChI is InChI=1S/C27H27ClN4O3/c1-4-35-19-10-8-18(9-11-19)30-26(34)20-15-29-32-24(16-6-5-7-17(28)12-16)23-21(31-25(20)32)13-27(2,3)14-22(23)33/h5-12,15,24,31H,4,13-14H2,1-3H3,(H,30,34)/t24-/m1/s1. The molecule has 1 amide bonds. The molecule has 2 heterocycles. The largest absolute Gasteiger partial charge is 0.494 e. The molecule has 1 atom stereocenters. The zero-order valence-corrected chi connectivity index (χ0v) is 20.6. The highest BCUT2D eigenvalue weighted by atomic mass is 35.5. The van der Waals surface area contributed by atoms with Gasteiger partial charge in [-0.1, -0.05) is 37.6 Å². The number of anilines is 2. The number of amides is 1. The van der Waals surface area contributed by atoms with Gasteiger partial charge in [-0.15, -0.1) is 0 Å². The van der Waals surface area contributed by atoms with Gasteiger partial charge in [0.05, 0.1) is 12.8 Å². The maximum absolute atomic E-state index is 13.3. The van der Waals surface area contributed by atoms with Gasteiger partial charge in [0.2, 0.25) is 0 Å². The Balaban J connectivity index is 1.53. The van der Waals surface area contributed by atoms with Crippen molar-refractivity contribution in [2.45, 2.75) is 39.7 Å². The molecule has 35 heavy (non-hydrogen) atoms. The molecule has 0 radical (unpaired) electrons. The van der Waals surface area contributed by atoms with E-state index in [2.05, 4.69) is 29.6 Å². The van der Waals surface area contributed by atoms with Gasteiger partial charge in [-0.25, -0.2) is 4.68 Å². The van der Waals surface area contributed by atoms with Crippen LogP contribution in [0.3, 0.4) is 0 Å². The van der Waals surface area contributed by atoms with Gasteiger partial charge >= 0.3 is 0 Å². The Morgan fingerprint density at radius 1 is 1.23 bits per heavy atom. The lowest BCUT2D eigenvalue weighted by Crippen LogP contribution is -2.37. The quantitative estimate of drug-likeness (QED) is 0.469. The lowest BCUT2D eigenvalue weighted by molar-refractivity contribution is -0.118. The van der Waals surface area contributed by atoms with Crippen LogP contribution in [0.5, 0.6) is 5.75 Å². The van der Waals surface area contributed by atoms with Crippen molar-refractivity contribution in [1.82, 2.24) is 9.78 Å². The van der Waals surface area contributed by atoms with Crippen LogP contribution in [-0.4, -0.2) is 28.1 Å². The van der Waals surface area contributed by atoms with Gasteiger partial charge in [0.25, 0.3) is 5.91 Å². The number of fused-ring (bicyclic) bond motifs is 1. The number of aromatic nitrogens is 2. The number of ether oxygens (including phenoxy) is 1. The van der Waals surface area contributed by atoms with Crippen molar-refractivity contribution in [1.29, 1.82) is 0 Å². The first-order valence-electron chi connectivity index (χ1n) is 11.7. The van der Waals surface area contributed by atoms with E-state index in [0.717, 1.165) is 17.0 Å². The molecular formula is C27H27ClN4O3. The van der Waals surface area contributed by atoms with Crippen LogP contribution in [0.15, 0.2) is 66.0 Å². The molecule has 7 nitrogen and oxygen atoms in total. The zero-order valence-electron chi connectivity index (χ0n) is 19.9. The number of halogens is 1. The Labute approximate surface area is 209 Å². The Morgan fingerprint density at radius 3 is 2.71 bits per heavy atom. The van der Waals surface area contributed by atoms with E-state index in [4.69, 9.17) is 16.3 Å². The van der Waals surface area contributed by atoms with Crippen LogP contribution in [0, 0.1) is 5.41 Å². The minimum absolute atomic E-state index is 0.0789. The smallest absolute Gasteiger partial charge is 0.261 e. The van der Waals surface area contributed by atoms with Gasteiger partial charge in [0, 0.05) is 28.4 Å². The zero-order chi connectivity index (χ0) is 24.7. The Kier molecular flexibility index (Phi) is 5.89. The van der Waals surface area contributed by atoms with Gasteiger partial charge in [0.1, 0.15) is 23.2 Å². The number of nitrogens with one attached hydrogen (secondary N) is 2. The maximum Gasteiger partial charge on any atom is 0.261 e. The van der Waals surface area contributed by atoms with Crippen molar-refractivity contribution in [2.75, 3.05) is 17.2 Å². The molecule has 8 heteroatoms. The summed E-state index contributed by atoms with van der Waals surface area (Å²) in [6.07, 6.45) is 2.68. The summed E-state index contributed by atoms with van der Waals surface area (Å²) < 4.78 is 7.19. The average molecular weight is 491 g/mol. The molecule has 2 aliphatic rings. The third kappa shape index (κ3) is 4.44. The molecular weight excluding hydrogens is 464 g/mol. The van der Waals surface area contributed by atoms with Crippen molar-refractivity contribution in [3.05, 3.63) is 82.1 Å². The molecule has 3 aromatic rings. The van der Waals surface area contributed by atoms with E-state index in [9.17, 15) is 9.59 Å². The number of rotatable bonds is 5.